The number of rotatable bonds is 9. The number of aromatic nitrogens is 1. The molecule has 0 saturated carbocycles. The molecule has 4 aromatic rings. The third-order valence-electron chi connectivity index (χ3n) is 6.90. The van der Waals surface area contributed by atoms with Gasteiger partial charge in [0, 0.05) is 24.6 Å². The van der Waals surface area contributed by atoms with Crippen molar-refractivity contribution in [3.63, 3.8) is 0 Å². The van der Waals surface area contributed by atoms with Crippen molar-refractivity contribution in [1.82, 2.24) is 0 Å². The molecule has 39 heavy (non-hydrogen) atoms. The molecule has 0 spiro atoms. The van der Waals surface area contributed by atoms with Crippen molar-refractivity contribution in [2.24, 2.45) is 0 Å². The van der Waals surface area contributed by atoms with Gasteiger partial charge in [-0.3, -0.25) is 10.1 Å². The lowest BCUT2D eigenvalue weighted by Crippen LogP contribution is -3.00. The Hall–Kier alpha value is -4.05. The van der Waals surface area contributed by atoms with E-state index in [2.05, 4.69) is 35.0 Å². The Balaban J connectivity index is 0.00000308. The Bertz CT molecular complexity index is 1530. The van der Waals surface area contributed by atoms with Crippen molar-refractivity contribution in [1.29, 1.82) is 0 Å². The van der Waals surface area contributed by atoms with Crippen LogP contribution in [0.3, 0.4) is 0 Å². The van der Waals surface area contributed by atoms with E-state index in [-0.39, 0.29) is 29.5 Å². The van der Waals surface area contributed by atoms with Gasteiger partial charge in [0.15, 0.2) is 35.7 Å². The molecule has 202 valence electrons. The number of fused-ring (bicyclic) bond motifs is 5. The van der Waals surface area contributed by atoms with E-state index in [0.717, 1.165) is 65.1 Å². The molecule has 0 amide bonds. The molecule has 0 fully saturated rings. The van der Waals surface area contributed by atoms with Crippen LogP contribution in [0.5, 0.6) is 28.7 Å². The Labute approximate surface area is 235 Å². The van der Waals surface area contributed by atoms with E-state index in [0.29, 0.717) is 24.7 Å². The van der Waals surface area contributed by atoms with Gasteiger partial charge in [0.1, 0.15) is 5.75 Å². The second-order valence-electron chi connectivity index (χ2n) is 9.22. The monoisotopic (exact) mass is 594 g/mol. The van der Waals surface area contributed by atoms with Crippen LogP contribution in [0.25, 0.3) is 22.0 Å². The topological polar surface area (TPSA) is 93.2 Å². The van der Waals surface area contributed by atoms with Gasteiger partial charge < -0.3 is 40.7 Å². The molecule has 0 radical (unpaired) electrons. The SMILES string of the molecule is COc1ccc2cc3[n+](cc2c1OCCCCOc1ccc([N+](=O)[O-])cc1)CCc1cc2c(cc1-3)OCO2.[Br-]. The maximum atomic E-state index is 10.8. The highest BCUT2D eigenvalue weighted by atomic mass is 79.9. The molecular weight excluding hydrogens is 568 g/mol. The fraction of sp³-hybridized carbons (Fsp3) is 0.276. The van der Waals surface area contributed by atoms with Crippen molar-refractivity contribution in [3.8, 4) is 40.0 Å². The number of hydrogen-bond donors (Lipinski definition) is 0. The second-order valence-corrected chi connectivity index (χ2v) is 9.22. The average molecular weight is 595 g/mol. The summed E-state index contributed by atoms with van der Waals surface area (Å²) in [5, 5.41) is 12.8. The Morgan fingerprint density at radius 2 is 1.72 bits per heavy atom. The molecule has 0 N–H and O–H groups in total. The first kappa shape index (κ1) is 26.6. The minimum Gasteiger partial charge on any atom is -1.00 e. The van der Waals surface area contributed by atoms with Crippen LogP contribution >= 0.6 is 0 Å². The molecule has 3 heterocycles. The summed E-state index contributed by atoms with van der Waals surface area (Å²) in [4.78, 5) is 10.4. The van der Waals surface area contributed by atoms with Gasteiger partial charge in [0.25, 0.3) is 5.69 Å². The zero-order valence-electron chi connectivity index (χ0n) is 21.4. The van der Waals surface area contributed by atoms with Crippen molar-refractivity contribution >= 4 is 16.5 Å². The third-order valence-corrected chi connectivity index (χ3v) is 6.90. The molecule has 1 aromatic heterocycles. The fourth-order valence-electron chi connectivity index (χ4n) is 4.94. The number of pyridine rings is 1. The highest BCUT2D eigenvalue weighted by Gasteiger charge is 2.28. The number of aryl methyl sites for hydroxylation is 2. The van der Waals surface area contributed by atoms with Crippen molar-refractivity contribution in [3.05, 3.63) is 76.5 Å². The van der Waals surface area contributed by atoms with E-state index in [1.165, 1.54) is 17.7 Å². The van der Waals surface area contributed by atoms with Gasteiger partial charge in [0.2, 0.25) is 12.5 Å². The number of hydrogen-bond acceptors (Lipinski definition) is 7. The summed E-state index contributed by atoms with van der Waals surface area (Å²) in [6, 6.07) is 16.5. The molecule has 0 bridgehead atoms. The maximum Gasteiger partial charge on any atom is 0.269 e. The van der Waals surface area contributed by atoms with Crippen LogP contribution in [0.2, 0.25) is 0 Å². The Kier molecular flexibility index (Phi) is 7.74. The molecule has 3 aromatic carbocycles. The number of halogens is 1. The molecule has 0 unspecified atom stereocenters. The first-order valence-electron chi connectivity index (χ1n) is 12.6. The summed E-state index contributed by atoms with van der Waals surface area (Å²) >= 11 is 0. The summed E-state index contributed by atoms with van der Waals surface area (Å²) in [5.74, 6) is 3.64. The number of unbranched alkanes of at least 4 members (excludes halogenated alkanes) is 1. The lowest BCUT2D eigenvalue weighted by Gasteiger charge is -2.18. The predicted octanol–water partition coefficient (Wildman–Crippen LogP) is 2.24. The molecule has 9 nitrogen and oxygen atoms in total. The van der Waals surface area contributed by atoms with Crippen LogP contribution in [0.1, 0.15) is 18.4 Å². The lowest BCUT2D eigenvalue weighted by molar-refractivity contribution is -0.686. The van der Waals surface area contributed by atoms with Crippen LogP contribution < -0.4 is 45.2 Å². The van der Waals surface area contributed by atoms with Crippen molar-refractivity contribution < 1.29 is 50.2 Å². The normalized spacial score (nSPS) is 12.7. The van der Waals surface area contributed by atoms with Crippen LogP contribution in [0, 0.1) is 10.1 Å². The van der Waals surface area contributed by atoms with E-state index in [1.54, 1.807) is 19.2 Å². The van der Waals surface area contributed by atoms with Gasteiger partial charge in [-0.1, -0.05) is 0 Å². The lowest BCUT2D eigenvalue weighted by atomic mass is 9.95. The van der Waals surface area contributed by atoms with Crippen LogP contribution in [0.4, 0.5) is 5.69 Å². The van der Waals surface area contributed by atoms with E-state index in [4.69, 9.17) is 23.7 Å². The number of nitro benzene ring substituents is 1. The first-order chi connectivity index (χ1) is 18.6. The van der Waals surface area contributed by atoms with Gasteiger partial charge in [-0.15, -0.1) is 0 Å². The zero-order chi connectivity index (χ0) is 26.1. The summed E-state index contributed by atoms with van der Waals surface area (Å²) in [5.41, 5.74) is 3.60. The average Bonchev–Trinajstić information content (AvgIpc) is 3.40. The molecule has 10 heteroatoms. The molecule has 0 atom stereocenters. The van der Waals surface area contributed by atoms with Crippen molar-refractivity contribution in [2.45, 2.75) is 25.8 Å². The zero-order valence-corrected chi connectivity index (χ0v) is 22.9. The highest BCUT2D eigenvalue weighted by Crippen LogP contribution is 2.41. The van der Waals surface area contributed by atoms with Gasteiger partial charge in [-0.2, -0.15) is 4.57 Å². The minimum absolute atomic E-state index is 0. The molecule has 2 aliphatic heterocycles. The molecule has 0 saturated heterocycles. The molecule has 2 aliphatic rings. The summed E-state index contributed by atoms with van der Waals surface area (Å²) in [6.07, 6.45) is 4.62. The van der Waals surface area contributed by atoms with E-state index < -0.39 is 4.92 Å². The summed E-state index contributed by atoms with van der Waals surface area (Å²) in [6.45, 7) is 2.12. The van der Waals surface area contributed by atoms with Crippen LogP contribution in [0.15, 0.2) is 60.8 Å². The number of benzene rings is 3. The number of nitro groups is 1. The molecule has 6 rings (SSSR count). The first-order valence-corrected chi connectivity index (χ1v) is 12.6. The minimum atomic E-state index is -0.425. The molecule has 0 aliphatic carbocycles. The number of ether oxygens (including phenoxy) is 5. The largest absolute Gasteiger partial charge is 1.00 e. The van der Waals surface area contributed by atoms with Gasteiger partial charge in [-0.05, 0) is 60.2 Å². The Morgan fingerprint density at radius 1 is 0.974 bits per heavy atom. The third kappa shape index (κ3) is 5.29. The quantitative estimate of drug-likeness (QED) is 0.127. The maximum absolute atomic E-state index is 10.8. The standard InChI is InChI=1S/C29H27N2O7.BrH/c1-34-26-9-4-19-14-25-23-16-28-27(37-18-38-28)15-20(23)10-11-30(25)17-24(19)29(26)36-13-3-2-12-35-22-7-5-21(6-8-22)31(32)33;/h4-9,14-17H,2-3,10-13,18H2,1H3;1H/q+1;/p-1. The van der Waals surface area contributed by atoms with Crippen LogP contribution in [-0.2, 0) is 13.0 Å². The van der Waals surface area contributed by atoms with Crippen molar-refractivity contribution in [2.75, 3.05) is 27.1 Å². The van der Waals surface area contributed by atoms with E-state index >= 15 is 0 Å². The fourth-order valence-corrected chi connectivity index (χ4v) is 4.94. The summed E-state index contributed by atoms with van der Waals surface area (Å²) < 4.78 is 31.0. The highest BCUT2D eigenvalue weighted by molar-refractivity contribution is 5.91. The van der Waals surface area contributed by atoms with Gasteiger partial charge >= 0.3 is 0 Å². The van der Waals surface area contributed by atoms with E-state index in [1.807, 2.05) is 6.07 Å². The molecular formula is C29H27BrN2O7. The predicted molar refractivity (Wildman–Crippen MR) is 139 cm³/mol. The van der Waals surface area contributed by atoms with Gasteiger partial charge in [-0.25, -0.2) is 0 Å². The summed E-state index contributed by atoms with van der Waals surface area (Å²) in [7, 11) is 1.65. The number of non-ortho nitro benzene ring substituents is 1. The van der Waals surface area contributed by atoms with Gasteiger partial charge in [0.05, 0.1) is 36.2 Å². The van der Waals surface area contributed by atoms with E-state index in [9.17, 15) is 10.1 Å². The smallest absolute Gasteiger partial charge is 0.269 e. The number of methoxy groups -OCH3 is 1. The van der Waals surface area contributed by atoms with Crippen LogP contribution in [-0.4, -0.2) is 32.0 Å². The second kappa shape index (κ2) is 11.4. The Morgan fingerprint density at radius 3 is 2.46 bits per heavy atom. The number of nitrogens with zero attached hydrogens (tertiary/aromatic N) is 2.